The maximum absolute atomic E-state index is 13.8. The van der Waals surface area contributed by atoms with Crippen LogP contribution < -0.4 is 21.3 Å². The van der Waals surface area contributed by atoms with E-state index in [0.717, 1.165) is 0 Å². The summed E-state index contributed by atoms with van der Waals surface area (Å²) in [6.45, 7) is 7.19. The normalized spacial score (nSPS) is 21.9. The third-order valence-electron chi connectivity index (χ3n) is 6.59. The summed E-state index contributed by atoms with van der Waals surface area (Å²) in [5.74, 6) is -3.18. The summed E-state index contributed by atoms with van der Waals surface area (Å²) in [6, 6.07) is 3.44. The van der Waals surface area contributed by atoms with Gasteiger partial charge in [-0.05, 0) is 49.9 Å². The number of aldehydes is 1. The molecule has 0 radical (unpaired) electrons. The van der Waals surface area contributed by atoms with E-state index in [1.54, 1.807) is 32.9 Å². The van der Waals surface area contributed by atoms with Crippen LogP contribution in [0.3, 0.4) is 0 Å². The lowest BCUT2D eigenvalue weighted by Crippen LogP contribution is -2.68. The molecule has 1 aliphatic rings. The Morgan fingerprint density at radius 3 is 2.35 bits per heavy atom. The Morgan fingerprint density at radius 1 is 1.16 bits per heavy atom. The average molecular weight is 519 g/mol. The fourth-order valence-corrected chi connectivity index (χ4v) is 4.71. The highest BCUT2D eigenvalue weighted by molar-refractivity contribution is 5.94. The Bertz CT molecular complexity index is 982. The molecule has 5 atom stereocenters. The van der Waals surface area contributed by atoms with Crippen LogP contribution in [0, 0.1) is 11.8 Å². The molecule has 1 fully saturated rings. The number of amides is 2. The monoisotopic (exact) mass is 518 g/mol. The number of ketones is 1. The van der Waals surface area contributed by atoms with Gasteiger partial charge in [0.25, 0.3) is 0 Å². The highest BCUT2D eigenvalue weighted by Crippen LogP contribution is 2.28. The van der Waals surface area contributed by atoms with Crippen LogP contribution in [0.2, 0.25) is 0 Å². The molecule has 204 valence electrons. The minimum Gasteiger partial charge on any atom is -0.508 e. The summed E-state index contributed by atoms with van der Waals surface area (Å²) in [5, 5.41) is 30.3. The summed E-state index contributed by atoms with van der Waals surface area (Å²) in [6.07, 6.45) is 1.41. The van der Waals surface area contributed by atoms with Crippen molar-refractivity contribution in [3.05, 3.63) is 29.8 Å². The number of hydrogen-bond acceptors (Lipinski definition) is 8. The van der Waals surface area contributed by atoms with Crippen molar-refractivity contribution in [3.8, 4) is 5.75 Å². The van der Waals surface area contributed by atoms with Gasteiger partial charge in [0, 0.05) is 13.3 Å². The first-order chi connectivity index (χ1) is 17.4. The smallest absolute Gasteiger partial charge is 0.305 e. The Balaban J connectivity index is 2.25. The van der Waals surface area contributed by atoms with Gasteiger partial charge in [0.05, 0.1) is 30.1 Å². The highest BCUT2D eigenvalue weighted by atomic mass is 16.4. The van der Waals surface area contributed by atoms with E-state index in [-0.39, 0.29) is 23.9 Å². The van der Waals surface area contributed by atoms with Crippen molar-refractivity contribution in [2.45, 2.75) is 77.2 Å². The molecule has 11 nitrogen and oxygen atoms in total. The first kappa shape index (κ1) is 29.9. The number of carbonyl (C=O) groups is 5. The fourth-order valence-electron chi connectivity index (χ4n) is 4.71. The number of hydrogen-bond donors (Lipinski definition) is 6. The molecule has 3 unspecified atom stereocenters. The van der Waals surface area contributed by atoms with Crippen LogP contribution in [0.5, 0.6) is 5.75 Å². The number of piperidine rings is 1. The van der Waals surface area contributed by atoms with Gasteiger partial charge in [0.2, 0.25) is 11.8 Å². The quantitative estimate of drug-likeness (QED) is 0.203. The second-order valence-corrected chi connectivity index (χ2v) is 10.1. The van der Waals surface area contributed by atoms with Crippen molar-refractivity contribution in [3.63, 3.8) is 0 Å². The van der Waals surface area contributed by atoms with Crippen LogP contribution in [0.15, 0.2) is 24.3 Å². The van der Waals surface area contributed by atoms with Crippen LogP contribution in [-0.4, -0.2) is 70.4 Å². The van der Waals surface area contributed by atoms with E-state index in [1.165, 1.54) is 19.1 Å². The number of carboxylic acids is 1. The van der Waals surface area contributed by atoms with Crippen molar-refractivity contribution in [2.75, 3.05) is 6.54 Å². The fraction of sp³-hybridized carbons (Fsp3) is 0.577. The third kappa shape index (κ3) is 8.64. The third-order valence-corrected chi connectivity index (χ3v) is 6.59. The molecule has 11 heteroatoms. The van der Waals surface area contributed by atoms with Crippen LogP contribution >= 0.6 is 0 Å². The molecular weight excluding hydrogens is 480 g/mol. The van der Waals surface area contributed by atoms with Gasteiger partial charge in [-0.15, -0.1) is 0 Å². The number of Topliss-reactive ketones (excluding diaryl/α,β-unsaturated/α-hetero) is 1. The van der Waals surface area contributed by atoms with Crippen molar-refractivity contribution in [1.29, 1.82) is 0 Å². The van der Waals surface area contributed by atoms with Crippen molar-refractivity contribution in [1.82, 2.24) is 21.3 Å². The minimum absolute atomic E-state index is 0.0765. The van der Waals surface area contributed by atoms with E-state index in [2.05, 4.69) is 21.3 Å². The van der Waals surface area contributed by atoms with E-state index in [9.17, 15) is 29.1 Å². The van der Waals surface area contributed by atoms with E-state index in [1.807, 2.05) is 0 Å². The molecule has 1 heterocycles. The summed E-state index contributed by atoms with van der Waals surface area (Å²) in [5.41, 5.74) is -0.345. The van der Waals surface area contributed by atoms with E-state index in [0.29, 0.717) is 31.2 Å². The molecule has 0 saturated carbocycles. The summed E-state index contributed by atoms with van der Waals surface area (Å²) >= 11 is 0. The lowest BCUT2D eigenvalue weighted by atomic mass is 9.77. The summed E-state index contributed by atoms with van der Waals surface area (Å²) < 4.78 is 0. The Morgan fingerprint density at radius 2 is 1.81 bits per heavy atom. The lowest BCUT2D eigenvalue weighted by Gasteiger charge is -2.45. The molecule has 0 spiro atoms. The van der Waals surface area contributed by atoms with Crippen molar-refractivity contribution < 1.29 is 34.2 Å². The molecule has 0 bridgehead atoms. The van der Waals surface area contributed by atoms with Gasteiger partial charge in [-0.1, -0.05) is 26.0 Å². The minimum atomic E-state index is -1.14. The molecule has 1 aliphatic heterocycles. The van der Waals surface area contributed by atoms with Crippen LogP contribution in [0.4, 0.5) is 0 Å². The molecule has 37 heavy (non-hydrogen) atoms. The molecular formula is C26H38N4O7. The van der Waals surface area contributed by atoms with E-state index in [4.69, 9.17) is 5.11 Å². The highest BCUT2D eigenvalue weighted by Gasteiger charge is 2.45. The second kappa shape index (κ2) is 13.3. The Kier molecular flexibility index (Phi) is 10.8. The number of nitrogens with one attached hydrogen (secondary N) is 4. The molecule has 1 aromatic rings. The number of aromatic hydroxyl groups is 1. The molecule has 1 saturated heterocycles. The molecule has 0 aliphatic carbocycles. The van der Waals surface area contributed by atoms with Gasteiger partial charge < -0.3 is 25.6 Å². The lowest BCUT2D eigenvalue weighted by molar-refractivity contribution is -0.139. The number of phenols is 1. The Hall–Kier alpha value is -3.31. The number of benzene rings is 1. The number of rotatable bonds is 13. The standard InChI is InChI=1S/C26H38N4O7/c1-15(2)23(29-25(37)21(28-16(3)32)12-17-7-9-19(33)10-8-17)24(36)20-6-5-11-27-26(20,4)30-18(14-31)13-22(34)35/h7-10,14-15,18,20-21,23,27,30,33H,5-6,11-13H2,1-4H3,(H,28,32)(H,29,37)(H,34,35)/t18?,20?,21-,23-,26?/m0/s1. The first-order valence-electron chi connectivity index (χ1n) is 12.4. The maximum Gasteiger partial charge on any atom is 0.305 e. The van der Waals surface area contributed by atoms with Crippen LogP contribution in [0.1, 0.15) is 52.5 Å². The number of carboxylic acid groups (broad SMARTS) is 1. The van der Waals surface area contributed by atoms with Gasteiger partial charge in [0.1, 0.15) is 18.1 Å². The second-order valence-electron chi connectivity index (χ2n) is 10.1. The largest absolute Gasteiger partial charge is 0.508 e. The van der Waals surface area contributed by atoms with E-state index < -0.39 is 53.9 Å². The van der Waals surface area contributed by atoms with Crippen LogP contribution in [0.25, 0.3) is 0 Å². The summed E-state index contributed by atoms with van der Waals surface area (Å²) in [4.78, 5) is 61.6. The van der Waals surface area contributed by atoms with Crippen molar-refractivity contribution in [2.24, 2.45) is 11.8 Å². The number of aliphatic carboxylic acids is 1. The Labute approximate surface area is 216 Å². The van der Waals surface area contributed by atoms with Gasteiger partial charge in [-0.2, -0.15) is 0 Å². The number of phenolic OH excluding ortho intramolecular Hbond substituents is 1. The SMILES string of the molecule is CC(=O)N[C@@H](Cc1ccc(O)cc1)C(=O)N[C@H](C(=O)C1CCCNC1(C)NC(C=O)CC(=O)O)C(C)C. The van der Waals surface area contributed by atoms with Gasteiger partial charge >= 0.3 is 5.97 Å². The topological polar surface area (TPSA) is 174 Å². The zero-order chi connectivity index (χ0) is 27.8. The van der Waals surface area contributed by atoms with Gasteiger partial charge in [0.15, 0.2) is 5.78 Å². The van der Waals surface area contributed by atoms with Crippen molar-refractivity contribution >= 4 is 29.9 Å². The van der Waals surface area contributed by atoms with E-state index >= 15 is 0 Å². The molecule has 1 aromatic carbocycles. The predicted molar refractivity (Wildman–Crippen MR) is 136 cm³/mol. The zero-order valence-electron chi connectivity index (χ0n) is 21.7. The zero-order valence-corrected chi connectivity index (χ0v) is 21.7. The molecule has 2 rings (SSSR count). The van der Waals surface area contributed by atoms with Gasteiger partial charge in [-0.3, -0.25) is 29.8 Å². The maximum atomic E-state index is 13.8. The predicted octanol–water partition coefficient (Wildman–Crippen LogP) is 0.497. The first-order valence-corrected chi connectivity index (χ1v) is 12.4. The van der Waals surface area contributed by atoms with Gasteiger partial charge in [-0.25, -0.2) is 0 Å². The molecule has 2 amide bonds. The number of carbonyl (C=O) groups excluding carboxylic acids is 4. The molecule has 0 aromatic heterocycles. The summed E-state index contributed by atoms with van der Waals surface area (Å²) in [7, 11) is 0. The van der Waals surface area contributed by atoms with Crippen LogP contribution in [-0.2, 0) is 30.4 Å². The average Bonchev–Trinajstić information content (AvgIpc) is 2.81. The molecule has 6 N–H and O–H groups in total.